The number of ether oxygens (including phenoxy) is 1. The molecular formula is C9H13BN2O2. The fourth-order valence-electron chi connectivity index (χ4n) is 1.03. The van der Waals surface area contributed by atoms with Crippen LogP contribution in [0, 0.1) is 0 Å². The highest BCUT2D eigenvalue weighted by Gasteiger charge is 2.02. The lowest BCUT2D eigenvalue weighted by atomic mass is 9.74. The zero-order valence-corrected chi connectivity index (χ0v) is 8.41. The van der Waals surface area contributed by atoms with Gasteiger partial charge in [0.1, 0.15) is 0 Å². The van der Waals surface area contributed by atoms with Gasteiger partial charge < -0.3 is 4.74 Å². The Morgan fingerprint density at radius 2 is 2.43 bits per heavy atom. The zero-order chi connectivity index (χ0) is 10.4. The second-order valence-corrected chi connectivity index (χ2v) is 2.78. The van der Waals surface area contributed by atoms with E-state index in [1.54, 1.807) is 19.3 Å². The largest absolute Gasteiger partial charge is 0.450 e. The second-order valence-electron chi connectivity index (χ2n) is 2.78. The zero-order valence-electron chi connectivity index (χ0n) is 8.41. The van der Waals surface area contributed by atoms with Crippen LogP contribution in [0.25, 0.3) is 0 Å². The Hall–Kier alpha value is -1.52. The molecule has 0 aliphatic carbocycles. The molecule has 0 fully saturated rings. The summed E-state index contributed by atoms with van der Waals surface area (Å²) in [6.07, 6.45) is 2.93. The maximum absolute atomic E-state index is 11.1. The van der Waals surface area contributed by atoms with Gasteiger partial charge in [-0.1, -0.05) is 12.3 Å². The van der Waals surface area contributed by atoms with Crippen molar-refractivity contribution in [3.8, 4) is 0 Å². The lowest BCUT2D eigenvalue weighted by molar-refractivity contribution is 0.168. The molecule has 0 bridgehead atoms. The highest BCUT2D eigenvalue weighted by atomic mass is 16.5. The highest BCUT2D eigenvalue weighted by molar-refractivity contribution is 6.51. The van der Waals surface area contributed by atoms with Crippen molar-refractivity contribution in [1.29, 1.82) is 0 Å². The first-order valence-corrected chi connectivity index (χ1v) is 4.64. The number of nitrogens with one attached hydrogen (secondary N) is 1. The molecule has 1 N–H and O–H groups in total. The molecule has 1 heterocycles. The lowest BCUT2D eigenvalue weighted by Crippen LogP contribution is -2.17. The summed E-state index contributed by atoms with van der Waals surface area (Å²) in [4.78, 5) is 15.0. The van der Waals surface area contributed by atoms with E-state index in [2.05, 4.69) is 10.3 Å². The number of anilines is 1. The molecular weight excluding hydrogens is 179 g/mol. The Balaban J connectivity index is 2.62. The number of amides is 1. The van der Waals surface area contributed by atoms with Crippen LogP contribution in [0.2, 0.25) is 6.82 Å². The van der Waals surface area contributed by atoms with Gasteiger partial charge in [-0.3, -0.25) is 10.3 Å². The van der Waals surface area contributed by atoms with Crippen molar-refractivity contribution in [2.24, 2.45) is 0 Å². The van der Waals surface area contributed by atoms with Crippen LogP contribution in [0.4, 0.5) is 10.5 Å². The van der Waals surface area contributed by atoms with E-state index in [1.165, 1.54) is 0 Å². The van der Waals surface area contributed by atoms with Crippen LogP contribution in [-0.2, 0) is 4.74 Å². The number of nitrogens with zero attached hydrogens (tertiary/aromatic N) is 1. The molecule has 0 saturated heterocycles. The molecule has 0 aliphatic rings. The van der Waals surface area contributed by atoms with E-state index in [0.29, 0.717) is 12.3 Å². The van der Waals surface area contributed by atoms with Crippen molar-refractivity contribution in [2.75, 3.05) is 11.9 Å². The van der Waals surface area contributed by atoms with Crippen LogP contribution in [0.3, 0.4) is 0 Å². The number of rotatable bonds is 3. The topological polar surface area (TPSA) is 51.2 Å². The second kappa shape index (κ2) is 5.27. The lowest BCUT2D eigenvalue weighted by Gasteiger charge is -2.05. The van der Waals surface area contributed by atoms with Gasteiger partial charge >= 0.3 is 6.09 Å². The Labute approximate surface area is 83.9 Å². The molecule has 0 radical (unpaired) electrons. The van der Waals surface area contributed by atoms with Crippen molar-refractivity contribution in [3.63, 3.8) is 0 Å². The van der Waals surface area contributed by atoms with Crippen LogP contribution in [-0.4, -0.2) is 25.0 Å². The van der Waals surface area contributed by atoms with Crippen molar-refractivity contribution < 1.29 is 9.53 Å². The van der Waals surface area contributed by atoms with Gasteiger partial charge in [0.25, 0.3) is 0 Å². The van der Waals surface area contributed by atoms with Crippen LogP contribution in [0.5, 0.6) is 0 Å². The quantitative estimate of drug-likeness (QED) is 0.719. The van der Waals surface area contributed by atoms with Crippen molar-refractivity contribution >= 4 is 24.5 Å². The van der Waals surface area contributed by atoms with Gasteiger partial charge in [-0.2, -0.15) is 0 Å². The number of hydrogen-bond donors (Lipinski definition) is 1. The van der Waals surface area contributed by atoms with Gasteiger partial charge in [0.05, 0.1) is 18.5 Å². The maximum Gasteiger partial charge on any atom is 0.411 e. The summed E-state index contributed by atoms with van der Waals surface area (Å²) in [7, 11) is 0.894. The number of pyridine rings is 1. The molecule has 0 saturated carbocycles. The number of carbonyl (C=O) groups excluding carboxylic acids is 1. The van der Waals surface area contributed by atoms with Crippen LogP contribution in [0.15, 0.2) is 18.5 Å². The van der Waals surface area contributed by atoms with E-state index in [0.717, 1.165) is 12.7 Å². The van der Waals surface area contributed by atoms with Gasteiger partial charge in [-0.05, 0) is 13.0 Å². The van der Waals surface area contributed by atoms with Gasteiger partial charge in [0.2, 0.25) is 0 Å². The number of carbonyl (C=O) groups is 1. The van der Waals surface area contributed by atoms with Crippen molar-refractivity contribution in [1.82, 2.24) is 4.98 Å². The smallest absolute Gasteiger partial charge is 0.411 e. The summed E-state index contributed by atoms with van der Waals surface area (Å²) in [5.74, 6) is 0. The third kappa shape index (κ3) is 3.09. The van der Waals surface area contributed by atoms with E-state index < -0.39 is 6.09 Å². The van der Waals surface area contributed by atoms with Gasteiger partial charge in [0.15, 0.2) is 7.28 Å². The Morgan fingerprint density at radius 1 is 1.64 bits per heavy atom. The molecule has 0 atom stereocenters. The summed E-state index contributed by atoms with van der Waals surface area (Å²) in [6.45, 7) is 4.16. The minimum atomic E-state index is -0.442. The predicted molar refractivity (Wildman–Crippen MR) is 57.5 cm³/mol. The molecule has 0 spiro atoms. The monoisotopic (exact) mass is 192 g/mol. The summed E-state index contributed by atoms with van der Waals surface area (Å²) in [6, 6.07) is 1.88. The number of aromatic nitrogens is 1. The fraction of sp³-hybridized carbons (Fsp3) is 0.333. The number of hydrogen-bond acceptors (Lipinski definition) is 3. The molecule has 14 heavy (non-hydrogen) atoms. The summed E-state index contributed by atoms with van der Waals surface area (Å²) in [5, 5.41) is 2.59. The molecule has 0 aromatic carbocycles. The van der Waals surface area contributed by atoms with Crippen LogP contribution < -0.4 is 10.8 Å². The Morgan fingerprint density at radius 3 is 3.07 bits per heavy atom. The first kappa shape index (κ1) is 10.6. The fourth-order valence-corrected chi connectivity index (χ4v) is 1.03. The summed E-state index contributed by atoms with van der Waals surface area (Å²) >= 11 is 0. The molecule has 5 heteroatoms. The third-order valence-corrected chi connectivity index (χ3v) is 1.72. The highest BCUT2D eigenvalue weighted by Crippen LogP contribution is 2.01. The minimum absolute atomic E-state index is 0.368. The molecule has 1 amide bonds. The Kier molecular flexibility index (Phi) is 3.97. The Bertz CT molecular complexity index is 317. The molecule has 1 aromatic heterocycles. The molecule has 74 valence electrons. The molecule has 0 aliphatic heterocycles. The molecule has 4 nitrogen and oxygen atoms in total. The predicted octanol–water partition coefficient (Wildman–Crippen LogP) is 0.760. The minimum Gasteiger partial charge on any atom is -0.450 e. The van der Waals surface area contributed by atoms with E-state index in [-0.39, 0.29) is 0 Å². The first-order chi connectivity index (χ1) is 6.76. The van der Waals surface area contributed by atoms with Gasteiger partial charge in [0, 0.05) is 6.20 Å². The SMILES string of the molecule is CBc1cncc(NC(=O)OCC)c1. The molecule has 1 aromatic rings. The van der Waals surface area contributed by atoms with E-state index >= 15 is 0 Å². The van der Waals surface area contributed by atoms with Crippen molar-refractivity contribution in [2.45, 2.75) is 13.7 Å². The first-order valence-electron chi connectivity index (χ1n) is 4.64. The van der Waals surface area contributed by atoms with Crippen LogP contribution in [0.1, 0.15) is 6.92 Å². The average molecular weight is 192 g/mol. The van der Waals surface area contributed by atoms with Gasteiger partial charge in [-0.25, -0.2) is 4.79 Å². The maximum atomic E-state index is 11.1. The van der Waals surface area contributed by atoms with E-state index in [9.17, 15) is 4.79 Å². The standard InChI is InChI=1S/C9H13BN2O2/c1-3-14-9(13)12-8-4-7(10-2)5-11-6-8/h4-6,10H,3H2,1-2H3,(H,12,13). The van der Waals surface area contributed by atoms with Crippen molar-refractivity contribution in [3.05, 3.63) is 18.5 Å². The van der Waals surface area contributed by atoms with E-state index in [1.807, 2.05) is 12.9 Å². The summed E-state index contributed by atoms with van der Waals surface area (Å²) in [5.41, 5.74) is 1.75. The van der Waals surface area contributed by atoms with Gasteiger partial charge in [-0.15, -0.1) is 0 Å². The molecule has 1 rings (SSSR count). The normalized spacial score (nSPS) is 9.29. The third-order valence-electron chi connectivity index (χ3n) is 1.72. The van der Waals surface area contributed by atoms with E-state index in [4.69, 9.17) is 4.74 Å². The average Bonchev–Trinajstić information content (AvgIpc) is 2.18. The molecule has 0 unspecified atom stereocenters. The summed E-state index contributed by atoms with van der Waals surface area (Å²) < 4.78 is 4.74. The van der Waals surface area contributed by atoms with Crippen LogP contribution >= 0.6 is 0 Å².